The van der Waals surface area contributed by atoms with E-state index in [-0.39, 0.29) is 11.9 Å². The second-order valence-electron chi connectivity index (χ2n) is 4.59. The Labute approximate surface area is 135 Å². The molecule has 6 nitrogen and oxygen atoms in total. The van der Waals surface area contributed by atoms with Crippen LogP contribution in [0.3, 0.4) is 0 Å². The topological polar surface area (TPSA) is 79.5 Å². The van der Waals surface area contributed by atoms with Crippen molar-refractivity contribution in [3.05, 3.63) is 35.9 Å². The summed E-state index contributed by atoms with van der Waals surface area (Å²) in [5, 5.41) is 3.34. The number of hydrogen-bond acceptors (Lipinski definition) is 4. The van der Waals surface area contributed by atoms with Crippen LogP contribution in [0.4, 0.5) is 0 Å². The summed E-state index contributed by atoms with van der Waals surface area (Å²) in [6.07, 6.45) is 3.01. The molecule has 0 aliphatic heterocycles. The number of carbonyl (C=O) groups is 2. The summed E-state index contributed by atoms with van der Waals surface area (Å²) < 4.78 is 4.56. The van der Waals surface area contributed by atoms with Crippen molar-refractivity contribution in [1.82, 2.24) is 16.2 Å². The first-order chi connectivity index (χ1) is 10.6. The number of carbonyl (C=O) groups excluding carboxylic acids is 2. The Bertz CT molecular complexity index is 494. The highest BCUT2D eigenvalue weighted by Gasteiger charge is 2.04. The number of rotatable bonds is 7. The minimum absolute atomic E-state index is 0.186. The summed E-state index contributed by atoms with van der Waals surface area (Å²) >= 11 is 5.05. The molecule has 0 saturated carbocycles. The molecule has 7 heteroatoms. The van der Waals surface area contributed by atoms with Crippen molar-refractivity contribution in [1.29, 1.82) is 0 Å². The smallest absolute Gasteiger partial charge is 0.305 e. The molecule has 0 radical (unpaired) electrons. The molecule has 1 amide bonds. The number of hydrogen-bond donors (Lipinski definition) is 3. The molecule has 0 saturated heterocycles. The average molecular weight is 323 g/mol. The molecule has 0 unspecified atom stereocenters. The third-order valence-electron chi connectivity index (χ3n) is 2.90. The molecular formula is C15H21N3O3S. The first kappa shape index (κ1) is 17.9. The van der Waals surface area contributed by atoms with Gasteiger partial charge in [-0.3, -0.25) is 20.4 Å². The van der Waals surface area contributed by atoms with Gasteiger partial charge in [-0.1, -0.05) is 24.6 Å². The third-order valence-corrected chi connectivity index (χ3v) is 3.14. The lowest BCUT2D eigenvalue weighted by molar-refractivity contribution is -0.140. The maximum Gasteiger partial charge on any atom is 0.305 e. The van der Waals surface area contributed by atoms with Crippen molar-refractivity contribution >= 4 is 29.2 Å². The van der Waals surface area contributed by atoms with Gasteiger partial charge in [0.1, 0.15) is 0 Å². The van der Waals surface area contributed by atoms with Crippen LogP contribution in [-0.2, 0) is 9.53 Å². The van der Waals surface area contributed by atoms with Crippen molar-refractivity contribution in [2.45, 2.75) is 25.7 Å². The van der Waals surface area contributed by atoms with Crippen molar-refractivity contribution in [2.75, 3.05) is 13.7 Å². The number of unbranched alkanes of at least 4 members (excludes halogenated alkanes) is 2. The minimum Gasteiger partial charge on any atom is -0.469 e. The van der Waals surface area contributed by atoms with E-state index in [9.17, 15) is 9.59 Å². The van der Waals surface area contributed by atoms with Crippen LogP contribution in [0.1, 0.15) is 36.0 Å². The maximum atomic E-state index is 11.8. The van der Waals surface area contributed by atoms with Crippen LogP contribution in [-0.4, -0.2) is 30.6 Å². The highest BCUT2D eigenvalue weighted by atomic mass is 32.1. The molecule has 1 rings (SSSR count). The molecule has 0 spiro atoms. The second-order valence-corrected chi connectivity index (χ2v) is 5.00. The van der Waals surface area contributed by atoms with Gasteiger partial charge in [0.2, 0.25) is 0 Å². The summed E-state index contributed by atoms with van der Waals surface area (Å²) in [4.78, 5) is 22.7. The summed E-state index contributed by atoms with van der Waals surface area (Å²) in [5.74, 6) is -0.434. The zero-order valence-corrected chi connectivity index (χ0v) is 13.4. The first-order valence-electron chi connectivity index (χ1n) is 7.09. The van der Waals surface area contributed by atoms with Crippen LogP contribution in [0.15, 0.2) is 30.3 Å². The number of nitrogens with one attached hydrogen (secondary N) is 3. The van der Waals surface area contributed by atoms with Gasteiger partial charge in [-0.15, -0.1) is 0 Å². The monoisotopic (exact) mass is 323 g/mol. The van der Waals surface area contributed by atoms with Gasteiger partial charge in [0, 0.05) is 18.5 Å². The molecule has 0 aromatic heterocycles. The number of esters is 1. The number of thiocarbonyl (C=S) groups is 1. The zero-order chi connectivity index (χ0) is 16.2. The lowest BCUT2D eigenvalue weighted by Gasteiger charge is -2.11. The van der Waals surface area contributed by atoms with E-state index in [4.69, 9.17) is 12.2 Å². The fourth-order valence-corrected chi connectivity index (χ4v) is 1.85. The number of benzene rings is 1. The van der Waals surface area contributed by atoms with E-state index in [1.54, 1.807) is 24.3 Å². The van der Waals surface area contributed by atoms with E-state index in [0.717, 1.165) is 19.3 Å². The van der Waals surface area contributed by atoms with Gasteiger partial charge in [0.25, 0.3) is 5.91 Å². The summed E-state index contributed by atoms with van der Waals surface area (Å²) in [6, 6.07) is 8.86. The quantitative estimate of drug-likeness (QED) is 0.306. The molecule has 22 heavy (non-hydrogen) atoms. The lowest BCUT2D eigenvalue weighted by Crippen LogP contribution is -2.46. The Morgan fingerprint density at radius 1 is 1.09 bits per heavy atom. The van der Waals surface area contributed by atoms with Crippen molar-refractivity contribution < 1.29 is 14.3 Å². The van der Waals surface area contributed by atoms with Gasteiger partial charge in [-0.25, -0.2) is 0 Å². The molecular weight excluding hydrogens is 302 g/mol. The molecule has 1 aromatic carbocycles. The van der Waals surface area contributed by atoms with Crippen LogP contribution in [0.5, 0.6) is 0 Å². The predicted molar refractivity (Wildman–Crippen MR) is 88.1 cm³/mol. The highest BCUT2D eigenvalue weighted by Crippen LogP contribution is 2.00. The molecule has 120 valence electrons. The van der Waals surface area contributed by atoms with Crippen LogP contribution >= 0.6 is 12.2 Å². The molecule has 0 aliphatic carbocycles. The summed E-state index contributed by atoms with van der Waals surface area (Å²) in [5.41, 5.74) is 5.72. The molecule has 0 aliphatic rings. The Morgan fingerprint density at radius 3 is 2.50 bits per heavy atom. The van der Waals surface area contributed by atoms with E-state index in [1.807, 2.05) is 6.07 Å². The van der Waals surface area contributed by atoms with Crippen LogP contribution < -0.4 is 16.2 Å². The fraction of sp³-hybridized carbons (Fsp3) is 0.400. The number of methoxy groups -OCH3 is 1. The Kier molecular flexibility index (Phi) is 8.59. The van der Waals surface area contributed by atoms with E-state index >= 15 is 0 Å². The van der Waals surface area contributed by atoms with E-state index in [2.05, 4.69) is 20.9 Å². The van der Waals surface area contributed by atoms with Crippen LogP contribution in [0, 0.1) is 0 Å². The Morgan fingerprint density at radius 2 is 1.82 bits per heavy atom. The lowest BCUT2D eigenvalue weighted by atomic mass is 10.2. The van der Waals surface area contributed by atoms with Crippen molar-refractivity contribution in [3.63, 3.8) is 0 Å². The van der Waals surface area contributed by atoms with Crippen molar-refractivity contribution in [3.8, 4) is 0 Å². The second kappa shape index (κ2) is 10.6. The summed E-state index contributed by atoms with van der Waals surface area (Å²) in [6.45, 7) is 0.675. The number of hydrazine groups is 1. The zero-order valence-electron chi connectivity index (χ0n) is 12.6. The van der Waals surface area contributed by atoms with E-state index in [0.29, 0.717) is 23.6 Å². The maximum absolute atomic E-state index is 11.8. The highest BCUT2D eigenvalue weighted by molar-refractivity contribution is 7.80. The Balaban J connectivity index is 2.07. The van der Waals surface area contributed by atoms with Crippen LogP contribution in [0.25, 0.3) is 0 Å². The molecule has 0 bridgehead atoms. The molecule has 0 heterocycles. The standard InChI is InChI=1S/C15H21N3O3S/c1-21-13(19)10-6-3-7-11-16-15(22)18-17-14(20)12-8-4-2-5-9-12/h2,4-5,8-9H,3,6-7,10-11H2,1H3,(H,17,20)(H2,16,18,22). The van der Waals surface area contributed by atoms with Crippen molar-refractivity contribution in [2.24, 2.45) is 0 Å². The van der Waals surface area contributed by atoms with Gasteiger partial charge in [0.05, 0.1) is 7.11 Å². The van der Waals surface area contributed by atoms with E-state index < -0.39 is 0 Å². The first-order valence-corrected chi connectivity index (χ1v) is 7.50. The molecule has 3 N–H and O–H groups in total. The van der Waals surface area contributed by atoms with Gasteiger partial charge < -0.3 is 10.1 Å². The van der Waals surface area contributed by atoms with Gasteiger partial charge in [0.15, 0.2) is 5.11 Å². The van der Waals surface area contributed by atoms with Crippen LogP contribution in [0.2, 0.25) is 0 Å². The largest absolute Gasteiger partial charge is 0.469 e. The van der Waals surface area contributed by atoms with Gasteiger partial charge in [-0.05, 0) is 37.2 Å². The molecule has 0 fully saturated rings. The normalized spacial score (nSPS) is 9.68. The minimum atomic E-state index is -0.247. The summed E-state index contributed by atoms with van der Waals surface area (Å²) in [7, 11) is 1.39. The number of amides is 1. The van der Waals surface area contributed by atoms with E-state index in [1.165, 1.54) is 7.11 Å². The average Bonchev–Trinajstić information content (AvgIpc) is 2.56. The molecule has 0 atom stereocenters. The SMILES string of the molecule is COC(=O)CCCCCNC(=S)NNC(=O)c1ccccc1. The fourth-order valence-electron chi connectivity index (χ4n) is 1.69. The number of ether oxygens (including phenoxy) is 1. The van der Waals surface area contributed by atoms with Gasteiger partial charge >= 0.3 is 5.97 Å². The third kappa shape index (κ3) is 7.58. The Hall–Kier alpha value is -2.15. The van der Waals surface area contributed by atoms with Gasteiger partial charge in [-0.2, -0.15) is 0 Å². The molecule has 1 aromatic rings. The predicted octanol–water partition coefficient (Wildman–Crippen LogP) is 1.53.